The number of nitrogens with two attached hydrogens (primary N) is 1. The summed E-state index contributed by atoms with van der Waals surface area (Å²) in [5, 5.41) is 0. The molecule has 0 aromatic carbocycles. The summed E-state index contributed by atoms with van der Waals surface area (Å²) in [6.45, 7) is 0.129. The minimum absolute atomic E-state index is 0.0505. The van der Waals surface area contributed by atoms with Crippen molar-refractivity contribution >= 4 is 6.29 Å². The predicted octanol–water partition coefficient (Wildman–Crippen LogP) is 1.29. The minimum Gasteiger partial charge on any atom is -0.325 e. The normalized spacial score (nSPS) is 10.5. The first-order chi connectivity index (χ1) is 6.19. The van der Waals surface area contributed by atoms with E-state index in [9.17, 15) is 13.6 Å². The molecule has 13 heavy (non-hydrogen) atoms. The molecule has 70 valence electrons. The van der Waals surface area contributed by atoms with Gasteiger partial charge in [0, 0.05) is 23.9 Å². The molecule has 1 aromatic heterocycles. The summed E-state index contributed by atoms with van der Waals surface area (Å²) in [5.41, 5.74) is 5.25. The number of hydrogen-bond donors (Lipinski definition) is 1. The highest BCUT2D eigenvalue weighted by atomic mass is 19.3. The average molecular weight is 186 g/mol. The number of rotatable bonds is 3. The van der Waals surface area contributed by atoms with Crippen LogP contribution in [0.2, 0.25) is 0 Å². The van der Waals surface area contributed by atoms with Crippen LogP contribution >= 0.6 is 0 Å². The summed E-state index contributed by atoms with van der Waals surface area (Å²) in [7, 11) is 0. The van der Waals surface area contributed by atoms with Crippen molar-refractivity contribution < 1.29 is 13.6 Å². The molecule has 0 spiro atoms. The van der Waals surface area contributed by atoms with Gasteiger partial charge in [0.15, 0.2) is 6.29 Å². The van der Waals surface area contributed by atoms with Crippen molar-refractivity contribution in [3.8, 4) is 0 Å². The van der Waals surface area contributed by atoms with E-state index in [-0.39, 0.29) is 17.7 Å². The number of pyridine rings is 1. The molecule has 1 aromatic rings. The van der Waals surface area contributed by atoms with E-state index in [1.54, 1.807) is 0 Å². The van der Waals surface area contributed by atoms with Gasteiger partial charge < -0.3 is 5.73 Å². The smallest absolute Gasteiger partial charge is 0.266 e. The zero-order valence-corrected chi connectivity index (χ0v) is 6.71. The fourth-order valence-electron chi connectivity index (χ4n) is 0.923. The number of alkyl halides is 2. The molecule has 1 rings (SSSR count). The molecule has 0 saturated heterocycles. The van der Waals surface area contributed by atoms with E-state index < -0.39 is 6.43 Å². The second-order valence-electron chi connectivity index (χ2n) is 2.43. The first-order valence-corrected chi connectivity index (χ1v) is 3.61. The number of aromatic nitrogens is 1. The van der Waals surface area contributed by atoms with Crippen LogP contribution in [0, 0.1) is 0 Å². The van der Waals surface area contributed by atoms with Gasteiger partial charge in [-0.2, -0.15) is 0 Å². The molecule has 0 unspecified atom stereocenters. The van der Waals surface area contributed by atoms with E-state index in [2.05, 4.69) is 4.98 Å². The van der Waals surface area contributed by atoms with Gasteiger partial charge in [-0.25, -0.2) is 8.78 Å². The highest BCUT2D eigenvalue weighted by molar-refractivity contribution is 5.77. The molecular weight excluding hydrogens is 178 g/mol. The third kappa shape index (κ3) is 2.06. The van der Waals surface area contributed by atoms with Gasteiger partial charge in [0.1, 0.15) is 0 Å². The van der Waals surface area contributed by atoms with Crippen molar-refractivity contribution in [1.29, 1.82) is 0 Å². The molecule has 0 radical (unpaired) electrons. The lowest BCUT2D eigenvalue weighted by Gasteiger charge is -2.03. The fraction of sp³-hybridized carbons (Fsp3) is 0.250. The van der Waals surface area contributed by atoms with Crippen LogP contribution in [0.1, 0.15) is 28.0 Å². The topological polar surface area (TPSA) is 56.0 Å². The maximum Gasteiger partial charge on any atom is 0.266 e. The van der Waals surface area contributed by atoms with Crippen molar-refractivity contribution in [2.75, 3.05) is 0 Å². The third-order valence-electron chi connectivity index (χ3n) is 1.60. The Labute approximate surface area is 73.6 Å². The SMILES string of the molecule is NCc1cc(C=O)c(C(F)F)cn1. The van der Waals surface area contributed by atoms with Gasteiger partial charge >= 0.3 is 0 Å². The summed E-state index contributed by atoms with van der Waals surface area (Å²) in [4.78, 5) is 14.1. The highest BCUT2D eigenvalue weighted by Gasteiger charge is 2.13. The third-order valence-corrected chi connectivity index (χ3v) is 1.60. The first kappa shape index (κ1) is 9.73. The molecule has 0 saturated carbocycles. The largest absolute Gasteiger partial charge is 0.325 e. The molecular formula is C8H8F2N2O. The number of hydrogen-bond acceptors (Lipinski definition) is 3. The summed E-state index contributed by atoms with van der Waals surface area (Å²) in [6, 6.07) is 1.27. The van der Waals surface area contributed by atoms with Crippen LogP contribution in [0.5, 0.6) is 0 Å². The molecule has 2 N–H and O–H groups in total. The number of carbonyl (C=O) groups excluding carboxylic acids is 1. The number of halogens is 2. The van der Waals surface area contributed by atoms with Gasteiger partial charge in [-0.3, -0.25) is 9.78 Å². The molecule has 3 nitrogen and oxygen atoms in total. The molecule has 0 amide bonds. The highest BCUT2D eigenvalue weighted by Crippen LogP contribution is 2.21. The van der Waals surface area contributed by atoms with E-state index >= 15 is 0 Å². The zero-order chi connectivity index (χ0) is 9.84. The second kappa shape index (κ2) is 4.04. The Morgan fingerprint density at radius 1 is 1.62 bits per heavy atom. The molecule has 0 atom stereocenters. The standard InChI is InChI=1S/C8H8F2N2O/c9-8(10)7-3-12-6(2-11)1-5(7)4-13/h1,3-4,8H,2,11H2. The zero-order valence-electron chi connectivity index (χ0n) is 6.71. The summed E-state index contributed by atoms with van der Waals surface area (Å²) in [5.74, 6) is 0. The van der Waals surface area contributed by atoms with Crippen LogP contribution in [-0.2, 0) is 6.54 Å². The van der Waals surface area contributed by atoms with Crippen LogP contribution in [0.3, 0.4) is 0 Å². The van der Waals surface area contributed by atoms with E-state index in [0.29, 0.717) is 12.0 Å². The van der Waals surface area contributed by atoms with Crippen LogP contribution in [0.4, 0.5) is 8.78 Å². The first-order valence-electron chi connectivity index (χ1n) is 3.61. The van der Waals surface area contributed by atoms with Crippen LogP contribution in [-0.4, -0.2) is 11.3 Å². The van der Waals surface area contributed by atoms with Crippen LogP contribution in [0.25, 0.3) is 0 Å². The lowest BCUT2D eigenvalue weighted by atomic mass is 10.1. The molecule has 0 bridgehead atoms. The van der Waals surface area contributed by atoms with Gasteiger partial charge in [-0.15, -0.1) is 0 Å². The molecule has 0 aliphatic rings. The van der Waals surface area contributed by atoms with Gasteiger partial charge in [-0.05, 0) is 6.07 Å². The molecule has 0 fully saturated rings. The average Bonchev–Trinajstić information content (AvgIpc) is 2.16. The number of nitrogens with zero attached hydrogens (tertiary/aromatic N) is 1. The van der Waals surface area contributed by atoms with Crippen molar-refractivity contribution in [2.45, 2.75) is 13.0 Å². The van der Waals surface area contributed by atoms with Crippen LogP contribution in [0.15, 0.2) is 12.3 Å². The number of aldehydes is 1. The Morgan fingerprint density at radius 3 is 2.77 bits per heavy atom. The molecule has 0 aliphatic heterocycles. The van der Waals surface area contributed by atoms with E-state index in [1.165, 1.54) is 6.07 Å². The second-order valence-corrected chi connectivity index (χ2v) is 2.43. The van der Waals surface area contributed by atoms with Crippen LogP contribution < -0.4 is 5.73 Å². The van der Waals surface area contributed by atoms with E-state index in [1.807, 2.05) is 0 Å². The van der Waals surface area contributed by atoms with Gasteiger partial charge in [0.2, 0.25) is 0 Å². The molecule has 1 heterocycles. The Kier molecular flexibility index (Phi) is 3.02. The lowest BCUT2D eigenvalue weighted by Crippen LogP contribution is -2.03. The predicted molar refractivity (Wildman–Crippen MR) is 42.5 cm³/mol. The van der Waals surface area contributed by atoms with Crippen molar-refractivity contribution in [2.24, 2.45) is 5.73 Å². The van der Waals surface area contributed by atoms with Crippen molar-refractivity contribution in [3.63, 3.8) is 0 Å². The van der Waals surface area contributed by atoms with E-state index in [4.69, 9.17) is 5.73 Å². The van der Waals surface area contributed by atoms with Gasteiger partial charge in [0.25, 0.3) is 6.43 Å². The Balaban J connectivity index is 3.15. The lowest BCUT2D eigenvalue weighted by molar-refractivity contribution is 0.110. The maximum atomic E-state index is 12.2. The quantitative estimate of drug-likeness (QED) is 0.723. The van der Waals surface area contributed by atoms with Gasteiger partial charge in [0.05, 0.1) is 5.69 Å². The maximum absolute atomic E-state index is 12.2. The van der Waals surface area contributed by atoms with Crippen molar-refractivity contribution in [3.05, 3.63) is 29.1 Å². The Bertz CT molecular complexity index is 315. The monoisotopic (exact) mass is 186 g/mol. The Hall–Kier alpha value is -1.36. The summed E-state index contributed by atoms with van der Waals surface area (Å²) < 4.78 is 24.4. The summed E-state index contributed by atoms with van der Waals surface area (Å²) >= 11 is 0. The minimum atomic E-state index is -2.68. The molecule has 0 aliphatic carbocycles. The molecule has 5 heteroatoms. The summed E-state index contributed by atoms with van der Waals surface area (Å²) in [6.07, 6.45) is -1.32. The van der Waals surface area contributed by atoms with Crippen molar-refractivity contribution in [1.82, 2.24) is 4.98 Å². The van der Waals surface area contributed by atoms with Gasteiger partial charge in [-0.1, -0.05) is 0 Å². The Morgan fingerprint density at radius 2 is 2.31 bits per heavy atom. The fourth-order valence-corrected chi connectivity index (χ4v) is 0.923. The number of carbonyl (C=O) groups is 1. The van der Waals surface area contributed by atoms with E-state index in [0.717, 1.165) is 6.20 Å².